The summed E-state index contributed by atoms with van der Waals surface area (Å²) in [5, 5.41) is 18.0. The van der Waals surface area contributed by atoms with Crippen LogP contribution in [0.3, 0.4) is 0 Å². The van der Waals surface area contributed by atoms with Crippen LogP contribution in [0.4, 0.5) is 0 Å². The number of halogens is 2. The van der Waals surface area contributed by atoms with Crippen molar-refractivity contribution in [2.24, 2.45) is 0 Å². The standard InChI is InChI=1S/C23H29Cl2N5O5S2/c1-8-30(12(4)5)21(31)17-18(36-20(26-17)19-27-28-22(35-19)23(6,7)32)13-9-10-14(16(25)15(13)24)37(33,34)29-11(2)3/h9-12,29,32H,8H2,1-7H3. The van der Waals surface area contributed by atoms with Gasteiger partial charge in [0.25, 0.3) is 11.8 Å². The summed E-state index contributed by atoms with van der Waals surface area (Å²) in [6.07, 6.45) is 0. The van der Waals surface area contributed by atoms with Crippen LogP contribution in [0.25, 0.3) is 21.3 Å². The lowest BCUT2D eigenvalue weighted by Gasteiger charge is -2.24. The Balaban J connectivity index is 2.22. The molecule has 1 amide bonds. The molecular formula is C23H29Cl2N5O5S2. The lowest BCUT2D eigenvalue weighted by Crippen LogP contribution is -2.37. The second-order valence-electron chi connectivity index (χ2n) is 9.37. The molecule has 0 spiro atoms. The van der Waals surface area contributed by atoms with Crippen LogP contribution in [0, 0.1) is 0 Å². The quantitative estimate of drug-likeness (QED) is 0.357. The number of amides is 1. The maximum atomic E-state index is 13.5. The highest BCUT2D eigenvalue weighted by atomic mass is 35.5. The Labute approximate surface area is 230 Å². The molecular weight excluding hydrogens is 561 g/mol. The van der Waals surface area contributed by atoms with E-state index in [1.807, 2.05) is 20.8 Å². The summed E-state index contributed by atoms with van der Waals surface area (Å²) in [5.41, 5.74) is -0.972. The lowest BCUT2D eigenvalue weighted by atomic mass is 10.1. The predicted octanol–water partition coefficient (Wildman–Crippen LogP) is 4.95. The smallest absolute Gasteiger partial charge is 0.276 e. The number of sulfonamides is 1. The van der Waals surface area contributed by atoms with Gasteiger partial charge in [0.1, 0.15) is 16.2 Å². The van der Waals surface area contributed by atoms with Gasteiger partial charge < -0.3 is 14.4 Å². The molecule has 0 bridgehead atoms. The highest BCUT2D eigenvalue weighted by Crippen LogP contribution is 2.43. The van der Waals surface area contributed by atoms with Gasteiger partial charge in [-0.1, -0.05) is 29.3 Å². The molecule has 3 rings (SSSR count). The zero-order valence-corrected chi connectivity index (χ0v) is 24.6. The summed E-state index contributed by atoms with van der Waals surface area (Å²) in [6.45, 7) is 12.4. The van der Waals surface area contributed by atoms with Crippen LogP contribution in [-0.4, -0.2) is 58.1 Å². The summed E-state index contributed by atoms with van der Waals surface area (Å²) >= 11 is 14.1. The number of benzene rings is 1. The van der Waals surface area contributed by atoms with E-state index < -0.39 is 15.6 Å². The van der Waals surface area contributed by atoms with Crippen LogP contribution in [0.5, 0.6) is 0 Å². The second kappa shape index (κ2) is 11.0. The van der Waals surface area contributed by atoms with Crippen molar-refractivity contribution in [2.75, 3.05) is 6.54 Å². The van der Waals surface area contributed by atoms with Gasteiger partial charge in [-0.15, -0.1) is 21.5 Å². The number of rotatable bonds is 9. The maximum absolute atomic E-state index is 13.5. The molecule has 14 heteroatoms. The van der Waals surface area contributed by atoms with Crippen LogP contribution in [-0.2, 0) is 15.6 Å². The number of nitrogens with one attached hydrogen (secondary N) is 1. The number of hydrogen-bond donors (Lipinski definition) is 2. The Morgan fingerprint density at radius 2 is 1.84 bits per heavy atom. The van der Waals surface area contributed by atoms with Gasteiger partial charge >= 0.3 is 0 Å². The molecule has 2 N–H and O–H groups in total. The average molecular weight is 591 g/mol. The maximum Gasteiger partial charge on any atom is 0.276 e. The number of carbonyl (C=O) groups is 1. The average Bonchev–Trinajstić information content (AvgIpc) is 3.42. The van der Waals surface area contributed by atoms with Gasteiger partial charge in [0, 0.05) is 24.2 Å². The fourth-order valence-corrected chi connectivity index (χ4v) is 6.65. The number of hydrogen-bond acceptors (Lipinski definition) is 9. The van der Waals surface area contributed by atoms with Gasteiger partial charge in [0.2, 0.25) is 15.9 Å². The molecule has 0 radical (unpaired) electrons. The normalized spacial score (nSPS) is 12.5. The van der Waals surface area contributed by atoms with Crippen molar-refractivity contribution in [1.29, 1.82) is 0 Å². The molecule has 0 aliphatic carbocycles. The molecule has 2 aromatic heterocycles. The first-order valence-electron chi connectivity index (χ1n) is 11.5. The van der Waals surface area contributed by atoms with Crippen LogP contribution >= 0.6 is 34.5 Å². The first-order chi connectivity index (χ1) is 17.1. The van der Waals surface area contributed by atoms with Gasteiger partial charge in [0.05, 0.1) is 14.9 Å². The van der Waals surface area contributed by atoms with E-state index >= 15 is 0 Å². The Bertz CT molecular complexity index is 1410. The molecule has 0 unspecified atom stereocenters. The minimum atomic E-state index is -3.93. The predicted molar refractivity (Wildman–Crippen MR) is 143 cm³/mol. The van der Waals surface area contributed by atoms with Crippen molar-refractivity contribution < 1.29 is 22.7 Å². The monoisotopic (exact) mass is 589 g/mol. The molecule has 3 aromatic rings. The van der Waals surface area contributed by atoms with E-state index in [1.165, 1.54) is 26.0 Å². The summed E-state index contributed by atoms with van der Waals surface area (Å²) in [5.74, 6) is -0.363. The third-order valence-electron chi connectivity index (χ3n) is 5.16. The summed E-state index contributed by atoms with van der Waals surface area (Å²) in [4.78, 5) is 19.8. The van der Waals surface area contributed by atoms with Gasteiger partial charge in [-0.2, -0.15) is 0 Å². The Morgan fingerprint density at radius 3 is 2.35 bits per heavy atom. The highest BCUT2D eigenvalue weighted by Gasteiger charge is 2.31. The van der Waals surface area contributed by atoms with Gasteiger partial charge in [-0.3, -0.25) is 4.79 Å². The Kier molecular flexibility index (Phi) is 8.72. The number of nitrogens with zero attached hydrogens (tertiary/aromatic N) is 4. The van der Waals surface area contributed by atoms with Gasteiger partial charge in [-0.25, -0.2) is 18.1 Å². The van der Waals surface area contributed by atoms with Crippen molar-refractivity contribution in [2.45, 2.75) is 71.0 Å². The Hall–Kier alpha value is -2.09. The molecule has 0 aliphatic heterocycles. The fourth-order valence-electron chi connectivity index (χ4n) is 3.46. The van der Waals surface area contributed by atoms with Crippen LogP contribution in [0.2, 0.25) is 10.0 Å². The molecule has 0 saturated carbocycles. The summed E-state index contributed by atoms with van der Waals surface area (Å²) in [7, 11) is -3.93. The zero-order valence-electron chi connectivity index (χ0n) is 21.5. The lowest BCUT2D eigenvalue weighted by molar-refractivity contribution is 0.0487. The SMILES string of the molecule is CCN(C(=O)c1nc(-c2nnc(C(C)(C)O)o2)sc1-c1ccc(S(=O)(=O)NC(C)C)c(Cl)c1Cl)C(C)C. The van der Waals surface area contributed by atoms with Crippen molar-refractivity contribution in [3.63, 3.8) is 0 Å². The number of aliphatic hydroxyl groups is 1. The molecule has 0 atom stereocenters. The van der Waals surface area contributed by atoms with Gasteiger partial charge in [0.15, 0.2) is 5.01 Å². The van der Waals surface area contributed by atoms with Crippen LogP contribution in [0.1, 0.15) is 64.8 Å². The minimum Gasteiger partial charge on any atom is -0.415 e. The molecule has 202 valence electrons. The molecule has 10 nitrogen and oxygen atoms in total. The third-order valence-corrected chi connectivity index (χ3v) is 8.93. The van der Waals surface area contributed by atoms with Crippen LogP contribution < -0.4 is 4.72 Å². The van der Waals surface area contributed by atoms with Gasteiger partial charge in [-0.05, 0) is 54.5 Å². The van der Waals surface area contributed by atoms with Crippen molar-refractivity contribution in [1.82, 2.24) is 24.8 Å². The molecule has 37 heavy (non-hydrogen) atoms. The molecule has 1 aromatic carbocycles. The Morgan fingerprint density at radius 1 is 1.19 bits per heavy atom. The first kappa shape index (κ1) is 29.5. The second-order valence-corrected chi connectivity index (χ2v) is 12.8. The fraction of sp³-hybridized carbons (Fsp3) is 0.478. The van der Waals surface area contributed by atoms with E-state index in [0.29, 0.717) is 17.0 Å². The highest BCUT2D eigenvalue weighted by molar-refractivity contribution is 7.89. The van der Waals surface area contributed by atoms with Crippen molar-refractivity contribution >= 4 is 50.5 Å². The number of aromatic nitrogens is 3. The topological polar surface area (TPSA) is 139 Å². The van der Waals surface area contributed by atoms with E-state index in [9.17, 15) is 18.3 Å². The van der Waals surface area contributed by atoms with E-state index in [-0.39, 0.29) is 55.4 Å². The minimum absolute atomic E-state index is 0.0116. The number of thiazole rings is 1. The van der Waals surface area contributed by atoms with E-state index in [4.69, 9.17) is 27.6 Å². The number of carbonyl (C=O) groups excluding carboxylic acids is 1. The van der Waals surface area contributed by atoms with Crippen LogP contribution in [0.15, 0.2) is 21.4 Å². The molecule has 2 heterocycles. The third kappa shape index (κ3) is 6.15. The zero-order chi connectivity index (χ0) is 27.9. The van der Waals surface area contributed by atoms with Crippen molar-refractivity contribution in [3.05, 3.63) is 33.8 Å². The molecule has 0 saturated heterocycles. The summed E-state index contributed by atoms with van der Waals surface area (Å²) in [6, 6.07) is 2.35. The summed E-state index contributed by atoms with van der Waals surface area (Å²) < 4.78 is 33.6. The van der Waals surface area contributed by atoms with E-state index in [1.54, 1.807) is 18.7 Å². The molecule has 0 fully saturated rings. The first-order valence-corrected chi connectivity index (χ1v) is 14.5. The largest absolute Gasteiger partial charge is 0.415 e. The van der Waals surface area contributed by atoms with E-state index in [2.05, 4.69) is 19.9 Å². The van der Waals surface area contributed by atoms with Crippen molar-refractivity contribution in [3.8, 4) is 21.3 Å². The molecule has 0 aliphatic rings. The van der Waals surface area contributed by atoms with E-state index in [0.717, 1.165) is 11.3 Å².